The monoisotopic (exact) mass is 218 g/mol. The molecule has 0 saturated carbocycles. The number of carbonyl (C=O) groups is 1. The molecular weight excluding hydrogens is 204 g/mol. The van der Waals surface area contributed by atoms with Crippen molar-refractivity contribution in [2.24, 2.45) is 0 Å². The molecule has 3 nitrogen and oxygen atoms in total. The molecule has 2 rings (SSSR count). The number of fused-ring (bicyclic) bond motifs is 1. The van der Waals surface area contributed by atoms with E-state index in [1.807, 2.05) is 18.2 Å². The fourth-order valence-electron chi connectivity index (χ4n) is 1.92. The topological polar surface area (TPSA) is 50.4 Å². The highest BCUT2D eigenvalue weighted by atomic mass is 16.4. The zero-order valence-corrected chi connectivity index (χ0v) is 9.57. The van der Waals surface area contributed by atoms with E-state index in [1.165, 1.54) is 0 Å². The molecule has 2 aromatic rings. The zero-order valence-electron chi connectivity index (χ0n) is 9.57. The van der Waals surface area contributed by atoms with Crippen LogP contribution in [0.1, 0.15) is 41.4 Å². The van der Waals surface area contributed by atoms with E-state index >= 15 is 0 Å². The number of furan rings is 1. The molecule has 0 aliphatic heterocycles. The summed E-state index contributed by atoms with van der Waals surface area (Å²) in [4.78, 5) is 11.0. The number of para-hydroxylation sites is 1. The van der Waals surface area contributed by atoms with Crippen molar-refractivity contribution < 1.29 is 14.3 Å². The number of hydrogen-bond acceptors (Lipinski definition) is 2. The Labute approximate surface area is 93.7 Å². The summed E-state index contributed by atoms with van der Waals surface area (Å²) in [5.41, 5.74) is 2.45. The lowest BCUT2D eigenvalue weighted by atomic mass is 10.00. The Kier molecular flexibility index (Phi) is 2.46. The molecule has 0 spiro atoms. The van der Waals surface area contributed by atoms with Crippen molar-refractivity contribution in [3.63, 3.8) is 0 Å². The van der Waals surface area contributed by atoms with Crippen molar-refractivity contribution in [1.82, 2.24) is 0 Å². The third-order valence-corrected chi connectivity index (χ3v) is 2.81. The molecule has 3 heteroatoms. The van der Waals surface area contributed by atoms with E-state index in [4.69, 9.17) is 9.52 Å². The van der Waals surface area contributed by atoms with Gasteiger partial charge < -0.3 is 9.52 Å². The number of carboxylic acids is 1. The van der Waals surface area contributed by atoms with Gasteiger partial charge >= 0.3 is 5.97 Å². The molecule has 1 N–H and O–H groups in total. The molecule has 16 heavy (non-hydrogen) atoms. The van der Waals surface area contributed by atoms with Gasteiger partial charge in [0.2, 0.25) is 5.76 Å². The SMILES string of the molecule is Cc1c(C(=O)O)oc2c(C(C)C)cccc12. The maximum Gasteiger partial charge on any atom is 0.372 e. The standard InChI is InChI=1S/C13H14O3/c1-7(2)9-5-4-6-10-8(3)11(13(14)15)16-12(9)10/h4-7H,1-3H3,(H,14,15). The molecule has 0 amide bonds. The van der Waals surface area contributed by atoms with Gasteiger partial charge in [-0.2, -0.15) is 0 Å². The van der Waals surface area contributed by atoms with Gasteiger partial charge in [0.1, 0.15) is 5.58 Å². The third-order valence-electron chi connectivity index (χ3n) is 2.81. The van der Waals surface area contributed by atoms with Gasteiger partial charge in [0.25, 0.3) is 0 Å². The number of carboxylic acid groups (broad SMARTS) is 1. The summed E-state index contributed by atoms with van der Waals surface area (Å²) < 4.78 is 5.45. The van der Waals surface area contributed by atoms with Crippen molar-refractivity contribution in [2.75, 3.05) is 0 Å². The molecule has 1 aromatic heterocycles. The Bertz CT molecular complexity index is 550. The Balaban J connectivity index is 2.80. The average Bonchev–Trinajstić information content (AvgIpc) is 2.56. The van der Waals surface area contributed by atoms with Gasteiger partial charge in [-0.1, -0.05) is 32.0 Å². The molecule has 0 radical (unpaired) electrons. The lowest BCUT2D eigenvalue weighted by Gasteiger charge is -2.04. The molecule has 0 aliphatic rings. The minimum absolute atomic E-state index is 0.0445. The van der Waals surface area contributed by atoms with Gasteiger partial charge in [0, 0.05) is 10.9 Å². The Morgan fingerprint density at radius 3 is 2.62 bits per heavy atom. The van der Waals surface area contributed by atoms with E-state index in [-0.39, 0.29) is 5.76 Å². The molecule has 84 valence electrons. The molecule has 1 heterocycles. The quantitative estimate of drug-likeness (QED) is 0.838. The van der Waals surface area contributed by atoms with Gasteiger partial charge in [-0.15, -0.1) is 0 Å². The van der Waals surface area contributed by atoms with Crippen LogP contribution < -0.4 is 0 Å². The summed E-state index contributed by atoms with van der Waals surface area (Å²) >= 11 is 0. The molecule has 1 aromatic carbocycles. The predicted molar refractivity (Wildman–Crippen MR) is 62.0 cm³/mol. The summed E-state index contributed by atoms with van der Waals surface area (Å²) in [5, 5.41) is 9.89. The van der Waals surface area contributed by atoms with Gasteiger partial charge in [-0.3, -0.25) is 0 Å². The van der Waals surface area contributed by atoms with Gasteiger partial charge in [0.05, 0.1) is 0 Å². The number of rotatable bonds is 2. The molecule has 0 saturated heterocycles. The Hall–Kier alpha value is -1.77. The average molecular weight is 218 g/mol. The van der Waals surface area contributed by atoms with Crippen LogP contribution in [0.4, 0.5) is 0 Å². The minimum Gasteiger partial charge on any atom is -0.475 e. The van der Waals surface area contributed by atoms with Crippen molar-refractivity contribution in [2.45, 2.75) is 26.7 Å². The van der Waals surface area contributed by atoms with E-state index in [9.17, 15) is 4.79 Å². The predicted octanol–water partition coefficient (Wildman–Crippen LogP) is 3.56. The van der Waals surface area contributed by atoms with E-state index in [0.717, 1.165) is 10.9 Å². The molecule has 0 bridgehead atoms. The Morgan fingerprint density at radius 1 is 1.38 bits per heavy atom. The van der Waals surface area contributed by atoms with E-state index in [2.05, 4.69) is 13.8 Å². The maximum absolute atomic E-state index is 11.0. The van der Waals surface area contributed by atoms with Crippen LogP contribution in [0.15, 0.2) is 22.6 Å². The first-order valence-electron chi connectivity index (χ1n) is 5.27. The second kappa shape index (κ2) is 3.67. The molecule has 0 unspecified atom stereocenters. The van der Waals surface area contributed by atoms with Gasteiger partial charge in [-0.05, 0) is 18.4 Å². The normalized spacial score (nSPS) is 11.2. The van der Waals surface area contributed by atoms with E-state index < -0.39 is 5.97 Å². The van der Waals surface area contributed by atoms with Crippen LogP contribution in [0.3, 0.4) is 0 Å². The zero-order chi connectivity index (χ0) is 11.9. The van der Waals surface area contributed by atoms with Crippen LogP contribution in [0.25, 0.3) is 11.0 Å². The summed E-state index contributed by atoms with van der Waals surface area (Å²) in [7, 11) is 0. The first-order chi connectivity index (χ1) is 7.52. The van der Waals surface area contributed by atoms with Crippen LogP contribution in [-0.2, 0) is 0 Å². The van der Waals surface area contributed by atoms with Crippen LogP contribution in [0.2, 0.25) is 0 Å². The first kappa shape index (κ1) is 10.7. The van der Waals surface area contributed by atoms with Gasteiger partial charge in [-0.25, -0.2) is 4.79 Å². The fraction of sp³-hybridized carbons (Fsp3) is 0.308. The molecule has 0 aliphatic carbocycles. The third kappa shape index (κ3) is 1.48. The van der Waals surface area contributed by atoms with Gasteiger partial charge in [0.15, 0.2) is 0 Å². The Morgan fingerprint density at radius 2 is 2.06 bits per heavy atom. The number of aryl methyl sites for hydroxylation is 1. The largest absolute Gasteiger partial charge is 0.475 e. The van der Waals surface area contributed by atoms with Crippen LogP contribution in [0, 0.1) is 6.92 Å². The minimum atomic E-state index is -1.01. The highest BCUT2D eigenvalue weighted by Crippen LogP contribution is 2.31. The number of hydrogen-bond donors (Lipinski definition) is 1. The fourth-order valence-corrected chi connectivity index (χ4v) is 1.92. The van der Waals surface area contributed by atoms with Crippen LogP contribution >= 0.6 is 0 Å². The van der Waals surface area contributed by atoms with Crippen molar-refractivity contribution in [3.8, 4) is 0 Å². The van der Waals surface area contributed by atoms with Crippen LogP contribution in [-0.4, -0.2) is 11.1 Å². The summed E-state index contributed by atoms with van der Waals surface area (Å²) in [6.07, 6.45) is 0. The second-order valence-corrected chi connectivity index (χ2v) is 4.24. The maximum atomic E-state index is 11.0. The summed E-state index contributed by atoms with van der Waals surface area (Å²) in [6, 6.07) is 5.81. The number of benzene rings is 1. The molecule has 0 fully saturated rings. The molecular formula is C13H14O3. The summed E-state index contributed by atoms with van der Waals surface area (Å²) in [6.45, 7) is 5.90. The summed E-state index contributed by atoms with van der Waals surface area (Å²) in [5.74, 6) is -0.651. The lowest BCUT2D eigenvalue weighted by molar-refractivity contribution is 0.0664. The van der Waals surface area contributed by atoms with Crippen molar-refractivity contribution >= 4 is 16.9 Å². The highest BCUT2D eigenvalue weighted by molar-refractivity contribution is 5.95. The van der Waals surface area contributed by atoms with E-state index in [0.29, 0.717) is 17.1 Å². The van der Waals surface area contributed by atoms with E-state index in [1.54, 1.807) is 6.92 Å². The van der Waals surface area contributed by atoms with Crippen molar-refractivity contribution in [3.05, 3.63) is 35.1 Å². The second-order valence-electron chi connectivity index (χ2n) is 4.24. The number of aromatic carboxylic acids is 1. The van der Waals surface area contributed by atoms with Crippen molar-refractivity contribution in [1.29, 1.82) is 0 Å². The smallest absolute Gasteiger partial charge is 0.372 e. The highest BCUT2D eigenvalue weighted by Gasteiger charge is 2.18. The molecule has 0 atom stereocenters. The van der Waals surface area contributed by atoms with Crippen LogP contribution in [0.5, 0.6) is 0 Å². The first-order valence-corrected chi connectivity index (χ1v) is 5.27. The lowest BCUT2D eigenvalue weighted by Crippen LogP contribution is -1.95.